The molecule has 5 aromatic rings. The van der Waals surface area contributed by atoms with Crippen molar-refractivity contribution in [1.29, 1.82) is 10.5 Å². The van der Waals surface area contributed by atoms with E-state index in [2.05, 4.69) is 22.4 Å². The van der Waals surface area contributed by atoms with Crippen LogP contribution in [0.25, 0.3) is 0 Å². The van der Waals surface area contributed by atoms with Gasteiger partial charge in [-0.2, -0.15) is 10.5 Å². The Hall–Kier alpha value is -6.38. The van der Waals surface area contributed by atoms with Gasteiger partial charge in [-0.05, 0) is 72.0 Å². The molecule has 1 atom stereocenters. The summed E-state index contributed by atoms with van der Waals surface area (Å²) in [6, 6.07) is 39.0. The third-order valence-electron chi connectivity index (χ3n) is 7.56. The number of anilines is 1. The maximum atomic E-state index is 13.3. The highest BCUT2D eigenvalue weighted by Crippen LogP contribution is 2.34. The molecule has 0 fully saturated rings. The largest absolute Gasteiger partial charge is 0.481 e. The van der Waals surface area contributed by atoms with E-state index in [0.29, 0.717) is 33.5 Å². The highest BCUT2D eigenvalue weighted by atomic mass is 16.4. The summed E-state index contributed by atoms with van der Waals surface area (Å²) in [6.45, 7) is 0. The van der Waals surface area contributed by atoms with E-state index in [9.17, 15) is 25.2 Å². The number of pyridine rings is 1. The van der Waals surface area contributed by atoms with Gasteiger partial charge in [0.25, 0.3) is 5.91 Å². The van der Waals surface area contributed by atoms with Crippen molar-refractivity contribution in [2.45, 2.75) is 18.9 Å². The fourth-order valence-electron chi connectivity index (χ4n) is 5.32. The van der Waals surface area contributed by atoms with E-state index in [1.165, 1.54) is 6.21 Å². The molecule has 0 spiro atoms. The van der Waals surface area contributed by atoms with Gasteiger partial charge >= 0.3 is 5.97 Å². The van der Waals surface area contributed by atoms with Crippen LogP contribution in [0.3, 0.4) is 0 Å². The Balaban J connectivity index is 1.62. The summed E-state index contributed by atoms with van der Waals surface area (Å²) in [5.41, 5.74) is 2.80. The van der Waals surface area contributed by atoms with Crippen LogP contribution in [0, 0.1) is 28.1 Å². The van der Waals surface area contributed by atoms with E-state index in [1.807, 2.05) is 42.5 Å². The molecule has 1 amide bonds. The molecule has 1 unspecified atom stereocenters. The highest BCUT2D eigenvalue weighted by molar-refractivity contribution is 6.03. The Bertz CT molecular complexity index is 1900. The number of hydrogen-bond donors (Lipinski definition) is 2. The number of aromatic nitrogens is 1. The lowest BCUT2D eigenvalue weighted by atomic mass is 9.77. The van der Waals surface area contributed by atoms with E-state index >= 15 is 0 Å². The van der Waals surface area contributed by atoms with Crippen LogP contribution >= 0.6 is 0 Å². The number of aliphatic imine (C=N–C) groups is 1. The molecular weight excluding hydrogens is 574 g/mol. The number of nitriles is 2. The van der Waals surface area contributed by atoms with Crippen molar-refractivity contribution in [2.75, 3.05) is 5.32 Å². The molecule has 0 bridgehead atoms. The molecule has 0 saturated carbocycles. The van der Waals surface area contributed by atoms with E-state index in [-0.39, 0.29) is 18.5 Å². The number of amides is 1. The lowest BCUT2D eigenvalue weighted by Gasteiger charge is -2.27. The summed E-state index contributed by atoms with van der Waals surface area (Å²) >= 11 is 0. The molecule has 1 heterocycles. The van der Waals surface area contributed by atoms with Crippen molar-refractivity contribution >= 4 is 23.8 Å². The Kier molecular flexibility index (Phi) is 9.72. The molecule has 0 saturated heterocycles. The number of hydrogen-bond acceptors (Lipinski definition) is 6. The van der Waals surface area contributed by atoms with Crippen molar-refractivity contribution in [3.05, 3.63) is 167 Å². The van der Waals surface area contributed by atoms with Gasteiger partial charge in [-0.3, -0.25) is 19.6 Å². The van der Waals surface area contributed by atoms with Crippen molar-refractivity contribution in [1.82, 2.24) is 4.98 Å². The second-order valence-electron chi connectivity index (χ2n) is 10.8. The van der Waals surface area contributed by atoms with Gasteiger partial charge in [-0.1, -0.05) is 78.9 Å². The molecule has 224 valence electrons. The molecule has 0 aliphatic carbocycles. The average molecular weight is 604 g/mol. The Morgan fingerprint density at radius 2 is 1.41 bits per heavy atom. The number of carboxylic acids is 1. The third-order valence-corrected chi connectivity index (χ3v) is 7.56. The first-order valence-corrected chi connectivity index (χ1v) is 14.5. The van der Waals surface area contributed by atoms with E-state index in [4.69, 9.17) is 4.99 Å². The van der Waals surface area contributed by atoms with Gasteiger partial charge in [0, 0.05) is 23.7 Å². The summed E-state index contributed by atoms with van der Waals surface area (Å²) in [5, 5.41) is 32.8. The standard InChI is InChI=1S/C38H29N5O3/c39-24-29-12-8-10-27(20-29)22-38(37(45)46,23-28-11-9-13-30(21-28)25-40)26-42-35(31-14-2-1-3-15-31)32-16-4-5-17-33(32)43-36(44)34-18-6-7-19-41-34/h1-21,26,35H,22-23H2,(H,43,44)(H,45,46). The number of benzene rings is 4. The molecule has 8 heteroatoms. The van der Waals surface area contributed by atoms with Crippen molar-refractivity contribution in [2.24, 2.45) is 10.4 Å². The number of rotatable bonds is 11. The summed E-state index contributed by atoms with van der Waals surface area (Å²) < 4.78 is 0. The smallest absolute Gasteiger partial charge is 0.315 e. The van der Waals surface area contributed by atoms with Crippen LogP contribution in [0.2, 0.25) is 0 Å². The monoisotopic (exact) mass is 603 g/mol. The second kappa shape index (κ2) is 14.4. The van der Waals surface area contributed by atoms with Crippen LogP contribution in [0.1, 0.15) is 49.9 Å². The fraction of sp³-hybridized carbons (Fsp3) is 0.105. The molecule has 5 rings (SSSR count). The van der Waals surface area contributed by atoms with Gasteiger partial charge in [-0.15, -0.1) is 0 Å². The summed E-state index contributed by atoms with van der Waals surface area (Å²) in [5.74, 6) is -1.50. The van der Waals surface area contributed by atoms with Crippen LogP contribution in [-0.4, -0.2) is 28.2 Å². The number of carbonyl (C=O) groups excluding carboxylic acids is 1. The Morgan fingerprint density at radius 3 is 2.00 bits per heavy atom. The minimum Gasteiger partial charge on any atom is -0.481 e. The summed E-state index contributed by atoms with van der Waals surface area (Å²) in [6.07, 6.45) is 3.10. The van der Waals surface area contributed by atoms with Crippen LogP contribution in [-0.2, 0) is 17.6 Å². The quantitative estimate of drug-likeness (QED) is 0.159. The van der Waals surface area contributed by atoms with Crippen LogP contribution in [0.5, 0.6) is 0 Å². The predicted molar refractivity (Wildman–Crippen MR) is 175 cm³/mol. The molecule has 8 nitrogen and oxygen atoms in total. The Labute approximate surface area is 267 Å². The first-order chi connectivity index (χ1) is 22.4. The van der Waals surface area contributed by atoms with Crippen LogP contribution in [0.4, 0.5) is 5.69 Å². The molecular formula is C38H29N5O3. The van der Waals surface area contributed by atoms with Crippen LogP contribution < -0.4 is 5.32 Å². The maximum absolute atomic E-state index is 13.3. The number of nitrogens with one attached hydrogen (secondary N) is 1. The topological polar surface area (TPSA) is 139 Å². The number of nitrogens with zero attached hydrogens (tertiary/aromatic N) is 4. The van der Waals surface area contributed by atoms with Crippen molar-refractivity contribution in [3.8, 4) is 12.1 Å². The zero-order chi connectivity index (χ0) is 32.4. The van der Waals surface area contributed by atoms with Gasteiger partial charge in [0.15, 0.2) is 0 Å². The Morgan fingerprint density at radius 1 is 0.804 bits per heavy atom. The lowest BCUT2D eigenvalue weighted by molar-refractivity contribution is -0.144. The van der Waals surface area contributed by atoms with Crippen molar-refractivity contribution < 1.29 is 14.7 Å². The third kappa shape index (κ3) is 7.39. The molecule has 0 radical (unpaired) electrons. The number of carboxylic acid groups (broad SMARTS) is 1. The number of para-hydroxylation sites is 1. The summed E-state index contributed by atoms with van der Waals surface area (Å²) in [4.78, 5) is 35.5. The normalized spacial score (nSPS) is 11.7. The second-order valence-corrected chi connectivity index (χ2v) is 10.8. The van der Waals surface area contributed by atoms with Crippen molar-refractivity contribution in [3.63, 3.8) is 0 Å². The SMILES string of the molecule is N#Cc1cccc(CC(C=NC(c2ccccc2)c2ccccc2NC(=O)c2ccccn2)(Cc2cccc(C#N)c2)C(=O)O)c1. The van der Waals surface area contributed by atoms with E-state index < -0.39 is 23.3 Å². The van der Waals surface area contributed by atoms with Gasteiger partial charge in [-0.25, -0.2) is 0 Å². The summed E-state index contributed by atoms with van der Waals surface area (Å²) in [7, 11) is 0. The minimum atomic E-state index is -1.55. The molecule has 1 aromatic heterocycles. The number of carbonyl (C=O) groups is 2. The molecule has 0 aliphatic rings. The minimum absolute atomic E-state index is 0.0394. The molecule has 2 N–H and O–H groups in total. The predicted octanol–water partition coefficient (Wildman–Crippen LogP) is 6.79. The van der Waals surface area contributed by atoms with Gasteiger partial charge in [0.05, 0.1) is 23.3 Å². The van der Waals surface area contributed by atoms with E-state index in [0.717, 1.165) is 5.56 Å². The molecule has 0 aliphatic heterocycles. The fourth-order valence-corrected chi connectivity index (χ4v) is 5.32. The van der Waals surface area contributed by atoms with Gasteiger partial charge in [0.2, 0.25) is 0 Å². The van der Waals surface area contributed by atoms with E-state index in [1.54, 1.807) is 85.1 Å². The lowest BCUT2D eigenvalue weighted by Crippen LogP contribution is -2.38. The van der Waals surface area contributed by atoms with Crippen LogP contribution in [0.15, 0.2) is 133 Å². The molecule has 4 aromatic carbocycles. The number of aliphatic carboxylic acids is 1. The molecule has 46 heavy (non-hydrogen) atoms. The maximum Gasteiger partial charge on any atom is 0.315 e. The van der Waals surface area contributed by atoms with Gasteiger partial charge in [0.1, 0.15) is 17.2 Å². The zero-order valence-corrected chi connectivity index (χ0v) is 24.7. The zero-order valence-electron chi connectivity index (χ0n) is 24.7. The first kappa shape index (κ1) is 31.1. The van der Waals surface area contributed by atoms with Gasteiger partial charge < -0.3 is 10.4 Å². The first-order valence-electron chi connectivity index (χ1n) is 14.5. The highest BCUT2D eigenvalue weighted by Gasteiger charge is 2.38. The average Bonchev–Trinajstić information content (AvgIpc) is 3.09.